The Bertz CT molecular complexity index is 2530. The predicted octanol–water partition coefficient (Wildman–Crippen LogP) is 8.65. The first-order chi connectivity index (χ1) is 26.7. The summed E-state index contributed by atoms with van der Waals surface area (Å²) < 4.78 is 0. The molecule has 8 aromatic rings. The third kappa shape index (κ3) is 4.36. The minimum Gasteiger partial charge on any atom is -0.311 e. The lowest BCUT2D eigenvalue weighted by atomic mass is 9.33. The maximum atomic E-state index is 2.58. The third-order valence-corrected chi connectivity index (χ3v) is 16.4. The van der Waals surface area contributed by atoms with Crippen LogP contribution in [0.5, 0.6) is 0 Å². The van der Waals surface area contributed by atoms with Gasteiger partial charge in [0.1, 0.15) is 8.07 Å². The maximum absolute atomic E-state index is 2.58. The van der Waals surface area contributed by atoms with Crippen LogP contribution >= 0.6 is 0 Å². The van der Waals surface area contributed by atoms with E-state index in [2.05, 4.69) is 221 Å². The highest BCUT2D eigenvalue weighted by Crippen LogP contribution is 2.48. The zero-order valence-corrected chi connectivity index (χ0v) is 31.0. The van der Waals surface area contributed by atoms with Crippen molar-refractivity contribution in [2.45, 2.75) is 6.55 Å². The molecule has 0 fully saturated rings. The van der Waals surface area contributed by atoms with Gasteiger partial charge in [-0.25, -0.2) is 0 Å². The summed E-state index contributed by atoms with van der Waals surface area (Å²) in [4.78, 5) is 7.50. The molecule has 3 aliphatic rings. The average Bonchev–Trinajstić information content (AvgIpc) is 3.24. The normalized spacial score (nSPS) is 14.1. The van der Waals surface area contributed by atoms with Crippen LogP contribution in [0.1, 0.15) is 0 Å². The van der Waals surface area contributed by atoms with Gasteiger partial charge in [-0.1, -0.05) is 144 Å². The van der Waals surface area contributed by atoms with Crippen molar-refractivity contribution in [3.63, 3.8) is 0 Å². The van der Waals surface area contributed by atoms with E-state index in [0.29, 0.717) is 0 Å². The molecule has 3 nitrogen and oxygen atoms in total. The highest BCUT2D eigenvalue weighted by molar-refractivity contribution is 7.21. The fraction of sp³-hybridized carbons (Fsp3) is 0.0204. The van der Waals surface area contributed by atoms with Crippen LogP contribution in [-0.4, -0.2) is 14.8 Å². The number of benzene rings is 8. The van der Waals surface area contributed by atoms with Gasteiger partial charge in [0.05, 0.1) is 5.69 Å². The second-order valence-electron chi connectivity index (χ2n) is 14.6. The van der Waals surface area contributed by atoms with Crippen molar-refractivity contribution >= 4 is 97.9 Å². The van der Waals surface area contributed by atoms with Gasteiger partial charge in [0, 0.05) is 45.5 Å². The lowest BCUT2D eigenvalue weighted by molar-refractivity contribution is 1.23. The standard InChI is InChI=1S/C49H36BN3Si/c1-54(40-27-15-6-16-28-40)45-31-17-29-41-48(45)50-47-43(52(41)37-23-11-4-12-24-37)33-39(51(35-19-7-2-8-20-35)36-21-9-3-10-22-36)34-44(47)53(38-25-13-5-14-26-38)42-30-18-32-46(54)49(42)50/h2-34H,1H3. The Balaban J connectivity index is 1.30. The Kier molecular flexibility index (Phi) is 6.88. The number of hydrogen-bond donors (Lipinski definition) is 0. The van der Waals surface area contributed by atoms with E-state index >= 15 is 0 Å². The van der Waals surface area contributed by atoms with E-state index in [1.165, 1.54) is 54.7 Å². The maximum Gasteiger partial charge on any atom is 0.251 e. The second-order valence-corrected chi connectivity index (χ2v) is 18.6. The first-order valence-electron chi connectivity index (χ1n) is 18.8. The Hall–Kier alpha value is -6.56. The number of para-hydroxylation sites is 4. The molecule has 11 rings (SSSR count). The first-order valence-corrected chi connectivity index (χ1v) is 21.3. The van der Waals surface area contributed by atoms with Gasteiger partial charge in [-0.3, -0.25) is 0 Å². The van der Waals surface area contributed by atoms with Crippen LogP contribution in [0.3, 0.4) is 0 Å². The Morgan fingerprint density at radius 3 is 1.24 bits per heavy atom. The molecular formula is C49H36BN3Si. The van der Waals surface area contributed by atoms with Crippen LogP contribution in [0.2, 0.25) is 6.55 Å². The molecule has 0 atom stereocenters. The molecule has 3 aliphatic heterocycles. The molecule has 0 unspecified atom stereocenters. The SMILES string of the molecule is C[Si]1(c2ccccc2)c2cccc3c2B2c4c(cc(N(c5ccccc5)c5ccccc5)cc4N(c4ccccc4)c4cccc1c42)N3c1ccccc1. The third-order valence-electron chi connectivity index (χ3n) is 11.9. The minimum atomic E-state index is -2.47. The molecule has 0 amide bonds. The van der Waals surface area contributed by atoms with Crippen LogP contribution in [0, 0.1) is 0 Å². The molecule has 0 saturated heterocycles. The van der Waals surface area contributed by atoms with E-state index in [4.69, 9.17) is 0 Å². The van der Waals surface area contributed by atoms with Gasteiger partial charge in [-0.05, 0) is 94.4 Å². The summed E-state index contributed by atoms with van der Waals surface area (Å²) in [6, 6.07) is 74.0. The molecule has 5 heteroatoms. The zero-order chi connectivity index (χ0) is 35.8. The summed E-state index contributed by atoms with van der Waals surface area (Å²) in [5, 5.41) is 4.45. The lowest BCUT2D eigenvalue weighted by Gasteiger charge is -2.51. The van der Waals surface area contributed by atoms with E-state index in [0.717, 1.165) is 28.4 Å². The molecule has 0 aromatic heterocycles. The number of hydrogen-bond acceptors (Lipinski definition) is 3. The Labute approximate surface area is 318 Å². The van der Waals surface area contributed by atoms with E-state index < -0.39 is 8.07 Å². The number of anilines is 9. The van der Waals surface area contributed by atoms with Gasteiger partial charge < -0.3 is 14.7 Å². The number of rotatable bonds is 6. The second kappa shape index (κ2) is 12.0. The summed E-state index contributed by atoms with van der Waals surface area (Å²) in [5.41, 5.74) is 14.9. The molecule has 0 saturated carbocycles. The highest BCUT2D eigenvalue weighted by atomic mass is 28.3. The van der Waals surface area contributed by atoms with Crippen molar-refractivity contribution in [1.29, 1.82) is 0 Å². The van der Waals surface area contributed by atoms with Crippen LogP contribution in [-0.2, 0) is 0 Å². The van der Waals surface area contributed by atoms with Gasteiger partial charge in [-0.2, -0.15) is 0 Å². The van der Waals surface area contributed by atoms with E-state index in [9.17, 15) is 0 Å². The molecular weight excluding hydrogens is 669 g/mol. The zero-order valence-electron chi connectivity index (χ0n) is 30.0. The van der Waals surface area contributed by atoms with Gasteiger partial charge in [0.15, 0.2) is 0 Å². The van der Waals surface area contributed by atoms with Gasteiger partial charge in [-0.15, -0.1) is 0 Å². The van der Waals surface area contributed by atoms with Gasteiger partial charge in [0.25, 0.3) is 6.71 Å². The number of nitrogens with zero attached hydrogens (tertiary/aromatic N) is 3. The van der Waals surface area contributed by atoms with Crippen molar-refractivity contribution in [2.75, 3.05) is 14.7 Å². The topological polar surface area (TPSA) is 9.72 Å². The minimum absolute atomic E-state index is 0.0903. The molecule has 3 heterocycles. The Morgan fingerprint density at radius 1 is 0.389 bits per heavy atom. The smallest absolute Gasteiger partial charge is 0.251 e. The van der Waals surface area contributed by atoms with Gasteiger partial charge in [0.2, 0.25) is 0 Å². The molecule has 54 heavy (non-hydrogen) atoms. The molecule has 254 valence electrons. The van der Waals surface area contributed by atoms with E-state index in [-0.39, 0.29) is 6.71 Å². The molecule has 0 N–H and O–H groups in total. The van der Waals surface area contributed by atoms with Crippen molar-refractivity contribution in [3.05, 3.63) is 200 Å². The molecule has 0 aliphatic carbocycles. The average molecular weight is 706 g/mol. The Morgan fingerprint density at radius 2 is 0.796 bits per heavy atom. The van der Waals surface area contributed by atoms with Crippen LogP contribution < -0.4 is 46.6 Å². The molecule has 0 bridgehead atoms. The predicted molar refractivity (Wildman–Crippen MR) is 232 cm³/mol. The summed E-state index contributed by atoms with van der Waals surface area (Å²) in [6.07, 6.45) is 0. The van der Waals surface area contributed by atoms with Crippen molar-refractivity contribution in [2.24, 2.45) is 0 Å². The fourth-order valence-electron chi connectivity index (χ4n) is 9.61. The van der Waals surface area contributed by atoms with E-state index in [1.807, 2.05) is 0 Å². The lowest BCUT2D eigenvalue weighted by Crippen LogP contribution is -2.83. The molecule has 0 radical (unpaired) electrons. The largest absolute Gasteiger partial charge is 0.311 e. The van der Waals surface area contributed by atoms with Crippen molar-refractivity contribution < 1.29 is 0 Å². The van der Waals surface area contributed by atoms with Crippen LogP contribution in [0.4, 0.5) is 51.2 Å². The summed E-state index contributed by atoms with van der Waals surface area (Å²) in [6.45, 7) is 2.67. The summed E-state index contributed by atoms with van der Waals surface area (Å²) >= 11 is 0. The monoisotopic (exact) mass is 705 g/mol. The van der Waals surface area contributed by atoms with Gasteiger partial charge >= 0.3 is 0 Å². The highest BCUT2D eigenvalue weighted by Gasteiger charge is 2.53. The first kappa shape index (κ1) is 31.0. The van der Waals surface area contributed by atoms with E-state index in [1.54, 1.807) is 0 Å². The summed E-state index contributed by atoms with van der Waals surface area (Å²) in [5.74, 6) is 0. The summed E-state index contributed by atoms with van der Waals surface area (Å²) in [7, 11) is -2.47. The quantitative estimate of drug-likeness (QED) is 0.161. The van der Waals surface area contributed by atoms with Crippen molar-refractivity contribution in [1.82, 2.24) is 0 Å². The molecule has 0 spiro atoms. The fourth-order valence-corrected chi connectivity index (χ4v) is 13.9. The van der Waals surface area contributed by atoms with Crippen LogP contribution in [0.25, 0.3) is 0 Å². The van der Waals surface area contributed by atoms with Crippen LogP contribution in [0.15, 0.2) is 200 Å². The van der Waals surface area contributed by atoms with Crippen molar-refractivity contribution in [3.8, 4) is 0 Å². The molecule has 8 aromatic carbocycles.